The molecule has 0 bridgehead atoms. The molecule has 1 atom stereocenters. The van der Waals surface area contributed by atoms with Crippen molar-refractivity contribution in [1.82, 2.24) is 5.32 Å². The number of nitrogens with zero attached hydrogens (tertiary/aromatic N) is 1. The number of carbonyl (C=O) groups excluding carboxylic acids is 1. The molecule has 1 N–H and O–H groups in total. The number of nitrogens with one attached hydrogen (secondary N) is 1. The molecule has 6 nitrogen and oxygen atoms in total. The number of para-hydroxylation sites is 1. The lowest BCUT2D eigenvalue weighted by Crippen LogP contribution is -2.41. The molecule has 7 heteroatoms. The van der Waals surface area contributed by atoms with Crippen LogP contribution in [0.5, 0.6) is 11.5 Å². The van der Waals surface area contributed by atoms with E-state index in [0.717, 1.165) is 21.0 Å². The van der Waals surface area contributed by atoms with E-state index >= 15 is 0 Å². The fourth-order valence-electron chi connectivity index (χ4n) is 4.28. The highest BCUT2D eigenvalue weighted by Gasteiger charge is 2.28. The molecule has 0 aliphatic rings. The summed E-state index contributed by atoms with van der Waals surface area (Å²) < 4.78 is 34.3. The number of amides is 1. The topological polar surface area (TPSA) is 75.7 Å². The molecular formula is C31H32N2O4S. The molecule has 1 unspecified atom stereocenters. The molecule has 0 aromatic heterocycles. The fraction of sp³-hybridized carbons (Fsp3) is 0.194. The molecule has 0 heterocycles. The van der Waals surface area contributed by atoms with Gasteiger partial charge in [0.15, 0.2) is 0 Å². The fourth-order valence-corrected chi connectivity index (χ4v) is 5.73. The van der Waals surface area contributed by atoms with Gasteiger partial charge in [0.05, 0.1) is 16.6 Å². The average Bonchev–Trinajstić information content (AvgIpc) is 2.91. The summed E-state index contributed by atoms with van der Waals surface area (Å²) in [5.41, 5.74) is 4.76. The quantitative estimate of drug-likeness (QED) is 0.270. The normalized spacial score (nSPS) is 12.0. The van der Waals surface area contributed by atoms with E-state index in [0.29, 0.717) is 17.2 Å². The monoisotopic (exact) mass is 528 g/mol. The Labute approximate surface area is 225 Å². The zero-order chi connectivity index (χ0) is 27.3. The number of aryl methyl sites for hydroxylation is 3. The Morgan fingerprint density at radius 2 is 1.34 bits per heavy atom. The summed E-state index contributed by atoms with van der Waals surface area (Å²) in [6.45, 7) is 7.63. The average molecular weight is 529 g/mol. The van der Waals surface area contributed by atoms with Crippen LogP contribution in [0.4, 0.5) is 5.69 Å². The van der Waals surface area contributed by atoms with E-state index in [1.807, 2.05) is 51.1 Å². The first kappa shape index (κ1) is 26.9. The molecular weight excluding hydrogens is 496 g/mol. The van der Waals surface area contributed by atoms with Gasteiger partial charge in [0.2, 0.25) is 5.91 Å². The zero-order valence-corrected chi connectivity index (χ0v) is 22.8. The van der Waals surface area contributed by atoms with Crippen LogP contribution in [0.25, 0.3) is 0 Å². The van der Waals surface area contributed by atoms with Crippen LogP contribution in [0.2, 0.25) is 0 Å². The molecule has 38 heavy (non-hydrogen) atoms. The Morgan fingerprint density at radius 3 is 1.97 bits per heavy atom. The Balaban J connectivity index is 1.60. The Kier molecular flexibility index (Phi) is 8.17. The summed E-state index contributed by atoms with van der Waals surface area (Å²) in [5.74, 6) is 0.823. The second-order valence-corrected chi connectivity index (χ2v) is 11.2. The van der Waals surface area contributed by atoms with E-state index in [9.17, 15) is 13.2 Å². The molecule has 0 radical (unpaired) electrons. The van der Waals surface area contributed by atoms with E-state index in [1.54, 1.807) is 42.5 Å². The largest absolute Gasteiger partial charge is 0.457 e. The van der Waals surface area contributed by atoms with Crippen molar-refractivity contribution in [2.24, 2.45) is 0 Å². The van der Waals surface area contributed by atoms with Crippen LogP contribution in [0.15, 0.2) is 102 Å². The van der Waals surface area contributed by atoms with Gasteiger partial charge in [0.25, 0.3) is 10.0 Å². The van der Waals surface area contributed by atoms with Crippen LogP contribution in [0, 0.1) is 20.8 Å². The van der Waals surface area contributed by atoms with Crippen molar-refractivity contribution in [1.29, 1.82) is 0 Å². The summed E-state index contributed by atoms with van der Waals surface area (Å²) in [6, 6.07) is 28.0. The number of anilines is 1. The van der Waals surface area contributed by atoms with Gasteiger partial charge in [0, 0.05) is 0 Å². The Hall–Kier alpha value is -4.10. The molecule has 0 saturated heterocycles. The van der Waals surface area contributed by atoms with E-state index < -0.39 is 15.9 Å². The number of hydrogen-bond acceptors (Lipinski definition) is 4. The minimum Gasteiger partial charge on any atom is -0.457 e. The van der Waals surface area contributed by atoms with Gasteiger partial charge in [-0.25, -0.2) is 8.42 Å². The highest BCUT2D eigenvalue weighted by molar-refractivity contribution is 7.92. The molecule has 0 aliphatic carbocycles. The molecule has 0 fully saturated rings. The molecule has 4 aromatic rings. The van der Waals surface area contributed by atoms with Crippen molar-refractivity contribution in [3.8, 4) is 11.5 Å². The summed E-state index contributed by atoms with van der Waals surface area (Å²) in [4.78, 5) is 13.3. The first-order valence-electron chi connectivity index (χ1n) is 12.4. The summed E-state index contributed by atoms with van der Waals surface area (Å²) in [5, 5.41) is 2.98. The van der Waals surface area contributed by atoms with Crippen molar-refractivity contribution < 1.29 is 17.9 Å². The van der Waals surface area contributed by atoms with Crippen LogP contribution < -0.4 is 14.4 Å². The maximum Gasteiger partial charge on any atom is 0.264 e. The maximum atomic E-state index is 13.7. The molecule has 4 rings (SSSR count). The first-order chi connectivity index (χ1) is 18.1. The van der Waals surface area contributed by atoms with E-state index in [-0.39, 0.29) is 17.5 Å². The molecule has 0 aliphatic heterocycles. The Bertz CT molecular complexity index is 1500. The van der Waals surface area contributed by atoms with Gasteiger partial charge in [0.1, 0.15) is 18.0 Å². The van der Waals surface area contributed by atoms with Crippen molar-refractivity contribution in [2.75, 3.05) is 10.8 Å². The number of rotatable bonds is 9. The summed E-state index contributed by atoms with van der Waals surface area (Å²) >= 11 is 0. The molecule has 0 saturated carbocycles. The van der Waals surface area contributed by atoms with Gasteiger partial charge in [-0.05, 0) is 98.5 Å². The predicted octanol–water partition coefficient (Wildman–Crippen LogP) is 6.48. The van der Waals surface area contributed by atoms with Gasteiger partial charge in [-0.15, -0.1) is 0 Å². The third-order valence-corrected chi connectivity index (χ3v) is 8.24. The SMILES string of the molecule is Cc1cc(C)c(C(C)NC(=O)CN(c2ccc(Oc3ccccc3)cc2)S(=O)(=O)c2ccccc2)cc1C. The van der Waals surface area contributed by atoms with Gasteiger partial charge >= 0.3 is 0 Å². The smallest absolute Gasteiger partial charge is 0.264 e. The highest BCUT2D eigenvalue weighted by atomic mass is 32.2. The van der Waals surface area contributed by atoms with Crippen molar-refractivity contribution in [3.05, 3.63) is 119 Å². The minimum atomic E-state index is -4.01. The van der Waals surface area contributed by atoms with Gasteiger partial charge < -0.3 is 10.1 Å². The molecule has 0 spiro atoms. The minimum absolute atomic E-state index is 0.107. The standard InChI is InChI=1S/C31H32N2O4S/c1-22-19-24(3)30(20-23(22)2)25(4)32-31(34)21-33(38(35,36)29-13-9-6-10-14-29)26-15-17-28(18-16-26)37-27-11-7-5-8-12-27/h5-20,25H,21H2,1-4H3,(H,32,34). The van der Waals surface area contributed by atoms with E-state index in [1.165, 1.54) is 17.7 Å². The van der Waals surface area contributed by atoms with Crippen molar-refractivity contribution in [3.63, 3.8) is 0 Å². The Morgan fingerprint density at radius 1 is 0.789 bits per heavy atom. The molecule has 4 aromatic carbocycles. The van der Waals surface area contributed by atoms with Crippen molar-refractivity contribution >= 4 is 21.6 Å². The highest BCUT2D eigenvalue weighted by Crippen LogP contribution is 2.28. The van der Waals surface area contributed by atoms with Crippen LogP contribution in [0.3, 0.4) is 0 Å². The molecule has 196 valence electrons. The van der Waals surface area contributed by atoms with E-state index in [4.69, 9.17) is 4.74 Å². The predicted molar refractivity (Wildman–Crippen MR) is 151 cm³/mol. The third kappa shape index (κ3) is 6.23. The lowest BCUT2D eigenvalue weighted by molar-refractivity contribution is -0.120. The number of hydrogen-bond donors (Lipinski definition) is 1. The second kappa shape index (κ2) is 11.5. The lowest BCUT2D eigenvalue weighted by atomic mass is 9.96. The summed E-state index contributed by atoms with van der Waals surface area (Å²) in [7, 11) is -4.01. The van der Waals surface area contributed by atoms with Gasteiger partial charge in [-0.1, -0.05) is 48.5 Å². The number of sulfonamides is 1. The second-order valence-electron chi connectivity index (χ2n) is 9.32. The maximum absolute atomic E-state index is 13.7. The van der Waals surface area contributed by atoms with Gasteiger partial charge in [-0.3, -0.25) is 9.10 Å². The zero-order valence-electron chi connectivity index (χ0n) is 22.0. The van der Waals surface area contributed by atoms with Gasteiger partial charge in [-0.2, -0.15) is 0 Å². The number of ether oxygens (including phenoxy) is 1. The van der Waals surface area contributed by atoms with Crippen LogP contribution >= 0.6 is 0 Å². The first-order valence-corrected chi connectivity index (χ1v) is 13.9. The number of carbonyl (C=O) groups is 1. The van der Waals surface area contributed by atoms with Crippen LogP contribution in [0.1, 0.15) is 35.2 Å². The lowest BCUT2D eigenvalue weighted by Gasteiger charge is -2.26. The molecule has 1 amide bonds. The summed E-state index contributed by atoms with van der Waals surface area (Å²) in [6.07, 6.45) is 0. The van der Waals surface area contributed by atoms with Crippen LogP contribution in [-0.2, 0) is 14.8 Å². The van der Waals surface area contributed by atoms with E-state index in [2.05, 4.69) is 24.4 Å². The number of benzene rings is 4. The van der Waals surface area contributed by atoms with Crippen LogP contribution in [-0.4, -0.2) is 20.9 Å². The third-order valence-electron chi connectivity index (χ3n) is 6.45. The van der Waals surface area contributed by atoms with Crippen molar-refractivity contribution in [2.45, 2.75) is 38.6 Å².